The summed E-state index contributed by atoms with van der Waals surface area (Å²) in [5, 5.41) is 17.3. The van der Waals surface area contributed by atoms with E-state index in [9.17, 15) is 19.2 Å². The fraction of sp³-hybridized carbons (Fsp3) is 0.111. The van der Waals surface area contributed by atoms with E-state index in [0.717, 1.165) is 0 Å². The molecule has 0 bridgehead atoms. The number of carboxylic acids is 2. The number of aliphatic carboxylic acids is 2. The molecule has 0 saturated heterocycles. The van der Waals surface area contributed by atoms with Gasteiger partial charge in [-0.05, 0) is 0 Å². The SMILES string of the molecule is NC(=O)/C=C(/C/C(=C/C(N)=O)C(=O)O)C(=O)O. The first-order chi connectivity index (χ1) is 7.73. The smallest absolute Gasteiger partial charge is 0.332 e. The molecule has 0 atom stereocenters. The van der Waals surface area contributed by atoms with Crippen LogP contribution in [0.4, 0.5) is 0 Å². The summed E-state index contributed by atoms with van der Waals surface area (Å²) in [4.78, 5) is 42.4. The molecule has 0 aliphatic carbocycles. The van der Waals surface area contributed by atoms with Crippen molar-refractivity contribution in [1.82, 2.24) is 0 Å². The topological polar surface area (TPSA) is 161 Å². The van der Waals surface area contributed by atoms with Crippen molar-refractivity contribution in [2.24, 2.45) is 11.5 Å². The lowest BCUT2D eigenvalue weighted by Crippen LogP contribution is -2.15. The number of rotatable bonds is 6. The van der Waals surface area contributed by atoms with Gasteiger partial charge in [0.25, 0.3) is 0 Å². The van der Waals surface area contributed by atoms with E-state index in [1.807, 2.05) is 0 Å². The molecule has 0 unspecified atom stereocenters. The van der Waals surface area contributed by atoms with Gasteiger partial charge in [-0.25, -0.2) is 9.59 Å². The summed E-state index contributed by atoms with van der Waals surface area (Å²) in [5.74, 6) is -5.10. The van der Waals surface area contributed by atoms with Crippen LogP contribution in [0.5, 0.6) is 0 Å². The summed E-state index contributed by atoms with van der Waals surface area (Å²) < 4.78 is 0. The van der Waals surface area contributed by atoms with Gasteiger partial charge in [-0.1, -0.05) is 0 Å². The van der Waals surface area contributed by atoms with Gasteiger partial charge in [0.05, 0.1) is 0 Å². The zero-order chi connectivity index (χ0) is 13.6. The molecule has 8 heteroatoms. The Morgan fingerprint density at radius 1 is 0.824 bits per heavy atom. The molecule has 0 fully saturated rings. The minimum absolute atomic E-state index is 0.549. The predicted molar refractivity (Wildman–Crippen MR) is 54.4 cm³/mol. The van der Waals surface area contributed by atoms with E-state index in [0.29, 0.717) is 12.2 Å². The lowest BCUT2D eigenvalue weighted by Gasteiger charge is -2.02. The van der Waals surface area contributed by atoms with Gasteiger partial charge in [0.1, 0.15) is 0 Å². The molecule has 0 saturated carbocycles. The largest absolute Gasteiger partial charge is 0.478 e. The summed E-state index contributed by atoms with van der Waals surface area (Å²) in [6.07, 6.45) is 0.497. The molecule has 0 aromatic heterocycles. The summed E-state index contributed by atoms with van der Waals surface area (Å²) in [5.41, 5.74) is 8.40. The second-order valence-electron chi connectivity index (χ2n) is 2.93. The van der Waals surface area contributed by atoms with Crippen LogP contribution in [0.1, 0.15) is 6.42 Å². The van der Waals surface area contributed by atoms with Crippen molar-refractivity contribution in [3.8, 4) is 0 Å². The first-order valence-corrected chi connectivity index (χ1v) is 4.20. The highest BCUT2D eigenvalue weighted by Crippen LogP contribution is 2.11. The molecular weight excluding hydrogens is 232 g/mol. The van der Waals surface area contributed by atoms with E-state index in [1.54, 1.807) is 0 Å². The maximum Gasteiger partial charge on any atom is 0.332 e. The number of primary amides is 2. The molecule has 2 amide bonds. The maximum atomic E-state index is 10.7. The van der Waals surface area contributed by atoms with E-state index < -0.39 is 41.3 Å². The Kier molecular flexibility index (Phi) is 5.11. The van der Waals surface area contributed by atoms with E-state index in [4.69, 9.17) is 21.7 Å². The van der Waals surface area contributed by atoms with Gasteiger partial charge < -0.3 is 21.7 Å². The van der Waals surface area contributed by atoms with Crippen molar-refractivity contribution in [3.63, 3.8) is 0 Å². The summed E-state index contributed by atoms with van der Waals surface area (Å²) >= 11 is 0. The molecule has 8 nitrogen and oxygen atoms in total. The molecular formula is C9H10N2O6. The van der Waals surface area contributed by atoms with Crippen LogP contribution in [0.2, 0.25) is 0 Å². The second kappa shape index (κ2) is 6.05. The average Bonchev–Trinajstić information content (AvgIpc) is 2.13. The standard InChI is InChI=1S/C9H10N2O6/c10-6(12)2-4(8(14)15)1-5(9(16)17)3-7(11)13/h2-3H,1H2,(H2,10,12)(H2,11,13)(H,14,15)(H,16,17)/b4-2-,5-3-. The Balaban J connectivity index is 5.22. The molecule has 0 radical (unpaired) electrons. The van der Waals surface area contributed by atoms with Gasteiger partial charge in [0.2, 0.25) is 11.8 Å². The molecule has 0 aliphatic heterocycles. The highest BCUT2D eigenvalue weighted by atomic mass is 16.4. The summed E-state index contributed by atoms with van der Waals surface area (Å²) in [7, 11) is 0. The van der Waals surface area contributed by atoms with Crippen LogP contribution in [0.25, 0.3) is 0 Å². The third-order valence-electron chi connectivity index (χ3n) is 1.56. The van der Waals surface area contributed by atoms with Crippen molar-refractivity contribution in [1.29, 1.82) is 0 Å². The fourth-order valence-electron chi connectivity index (χ4n) is 0.925. The minimum Gasteiger partial charge on any atom is -0.478 e. The lowest BCUT2D eigenvalue weighted by molar-refractivity contribution is -0.133. The predicted octanol–water partition coefficient (Wildman–Crippen LogP) is -1.63. The third kappa shape index (κ3) is 5.72. The molecule has 0 aromatic carbocycles. The number of amides is 2. The number of nitrogens with two attached hydrogens (primary N) is 2. The van der Waals surface area contributed by atoms with Crippen LogP contribution < -0.4 is 11.5 Å². The number of carboxylic acid groups (broad SMARTS) is 2. The molecule has 0 rings (SSSR count). The Morgan fingerprint density at radius 3 is 1.29 bits per heavy atom. The highest BCUT2D eigenvalue weighted by molar-refractivity contribution is 6.01. The minimum atomic E-state index is -1.51. The first-order valence-electron chi connectivity index (χ1n) is 4.20. The Hall–Kier alpha value is -2.64. The number of carbonyl (C=O) groups is 4. The normalized spacial score (nSPS) is 12.0. The summed E-state index contributed by atoms with van der Waals surface area (Å²) in [6, 6.07) is 0. The maximum absolute atomic E-state index is 10.7. The van der Waals surface area contributed by atoms with Gasteiger partial charge in [0, 0.05) is 29.7 Å². The van der Waals surface area contributed by atoms with Crippen LogP contribution >= 0.6 is 0 Å². The molecule has 17 heavy (non-hydrogen) atoms. The Bertz CT molecular complexity index is 395. The van der Waals surface area contributed by atoms with Gasteiger partial charge >= 0.3 is 11.9 Å². The van der Waals surface area contributed by atoms with E-state index in [2.05, 4.69) is 0 Å². The number of carbonyl (C=O) groups excluding carboxylic acids is 2. The van der Waals surface area contributed by atoms with Crippen molar-refractivity contribution in [2.75, 3.05) is 0 Å². The zero-order valence-electron chi connectivity index (χ0n) is 8.54. The van der Waals surface area contributed by atoms with Gasteiger partial charge in [-0.15, -0.1) is 0 Å². The first kappa shape index (κ1) is 14.4. The van der Waals surface area contributed by atoms with Crippen molar-refractivity contribution >= 4 is 23.8 Å². The van der Waals surface area contributed by atoms with Gasteiger partial charge in [-0.3, -0.25) is 9.59 Å². The second-order valence-corrected chi connectivity index (χ2v) is 2.93. The molecule has 0 aromatic rings. The van der Waals surface area contributed by atoms with Crippen LogP contribution in [-0.2, 0) is 19.2 Å². The van der Waals surface area contributed by atoms with Gasteiger partial charge in [0.15, 0.2) is 0 Å². The van der Waals surface area contributed by atoms with Crippen LogP contribution in [0, 0.1) is 0 Å². The van der Waals surface area contributed by atoms with Crippen molar-refractivity contribution in [2.45, 2.75) is 6.42 Å². The van der Waals surface area contributed by atoms with Crippen molar-refractivity contribution < 1.29 is 29.4 Å². The van der Waals surface area contributed by atoms with Gasteiger partial charge in [-0.2, -0.15) is 0 Å². The Labute approximate surface area is 95.2 Å². The third-order valence-corrected chi connectivity index (χ3v) is 1.56. The number of hydrogen-bond donors (Lipinski definition) is 4. The zero-order valence-corrected chi connectivity index (χ0v) is 8.54. The molecule has 92 valence electrons. The molecule has 0 spiro atoms. The molecule has 6 N–H and O–H groups in total. The average molecular weight is 242 g/mol. The van der Waals surface area contributed by atoms with E-state index >= 15 is 0 Å². The fourth-order valence-corrected chi connectivity index (χ4v) is 0.925. The molecule has 0 heterocycles. The van der Waals surface area contributed by atoms with Crippen LogP contribution in [0.3, 0.4) is 0 Å². The van der Waals surface area contributed by atoms with Crippen LogP contribution in [0.15, 0.2) is 23.3 Å². The van der Waals surface area contributed by atoms with E-state index in [-0.39, 0.29) is 0 Å². The quantitative estimate of drug-likeness (QED) is 0.409. The highest BCUT2D eigenvalue weighted by Gasteiger charge is 2.16. The lowest BCUT2D eigenvalue weighted by atomic mass is 10.0. The monoisotopic (exact) mass is 242 g/mol. The van der Waals surface area contributed by atoms with Crippen LogP contribution in [-0.4, -0.2) is 34.0 Å². The van der Waals surface area contributed by atoms with Crippen molar-refractivity contribution in [3.05, 3.63) is 23.3 Å². The van der Waals surface area contributed by atoms with E-state index in [1.165, 1.54) is 0 Å². The molecule has 0 aliphatic rings. The Morgan fingerprint density at radius 2 is 1.12 bits per heavy atom. The summed E-state index contributed by atoms with van der Waals surface area (Å²) in [6.45, 7) is 0. The number of hydrogen-bond acceptors (Lipinski definition) is 4.